The van der Waals surface area contributed by atoms with Crippen molar-refractivity contribution in [3.63, 3.8) is 0 Å². The number of nitrogens with one attached hydrogen (secondary N) is 1. The van der Waals surface area contributed by atoms with Gasteiger partial charge in [0.05, 0.1) is 6.61 Å². The second-order valence-corrected chi connectivity index (χ2v) is 4.99. The molecule has 4 nitrogen and oxygen atoms in total. The smallest absolute Gasteiger partial charge is 0.119 e. The van der Waals surface area contributed by atoms with Gasteiger partial charge in [-0.3, -0.25) is 0 Å². The van der Waals surface area contributed by atoms with Crippen LogP contribution >= 0.6 is 0 Å². The fraction of sp³-hybridized carbons (Fsp3) is 0.625. The summed E-state index contributed by atoms with van der Waals surface area (Å²) in [6.07, 6.45) is 2.72. The molecule has 0 spiro atoms. The van der Waals surface area contributed by atoms with E-state index in [0.29, 0.717) is 6.54 Å². The highest BCUT2D eigenvalue weighted by Crippen LogP contribution is 2.20. The van der Waals surface area contributed by atoms with Crippen LogP contribution in [0.2, 0.25) is 0 Å². The molecule has 114 valence electrons. The Bertz CT molecular complexity index is 371. The molecule has 2 atom stereocenters. The number of benzene rings is 1. The van der Waals surface area contributed by atoms with Crippen molar-refractivity contribution in [1.29, 1.82) is 0 Å². The largest absolute Gasteiger partial charge is 0.494 e. The maximum Gasteiger partial charge on any atom is 0.119 e. The van der Waals surface area contributed by atoms with E-state index in [2.05, 4.69) is 25.2 Å². The molecule has 0 aliphatic rings. The van der Waals surface area contributed by atoms with Crippen LogP contribution in [-0.2, 0) is 0 Å². The average molecular weight is 280 g/mol. The number of ether oxygens (including phenoxy) is 1. The van der Waals surface area contributed by atoms with Crippen LogP contribution in [0.4, 0.5) is 0 Å². The first-order chi connectivity index (χ1) is 9.74. The van der Waals surface area contributed by atoms with Gasteiger partial charge in [-0.25, -0.2) is 0 Å². The molecule has 4 N–H and O–H groups in total. The van der Waals surface area contributed by atoms with Crippen molar-refractivity contribution in [3.8, 4) is 5.75 Å². The lowest BCUT2D eigenvalue weighted by Crippen LogP contribution is -2.37. The van der Waals surface area contributed by atoms with E-state index in [0.717, 1.165) is 37.2 Å². The predicted octanol–water partition coefficient (Wildman–Crippen LogP) is 2.23. The van der Waals surface area contributed by atoms with E-state index in [1.54, 1.807) is 0 Å². The minimum Gasteiger partial charge on any atom is -0.494 e. The standard InChI is InChI=1S/C16H28N2O2/c1-3-10-20-15-7-5-6-13(11-15)16(12-17)18-14(4-2)8-9-19/h5-7,11,14,16,18-19H,3-4,8-10,12,17H2,1-2H3. The van der Waals surface area contributed by atoms with E-state index in [-0.39, 0.29) is 18.7 Å². The van der Waals surface area contributed by atoms with Gasteiger partial charge in [-0.15, -0.1) is 0 Å². The van der Waals surface area contributed by atoms with Crippen LogP contribution in [0.25, 0.3) is 0 Å². The summed E-state index contributed by atoms with van der Waals surface area (Å²) in [4.78, 5) is 0. The number of aliphatic hydroxyl groups excluding tert-OH is 1. The molecule has 0 aromatic heterocycles. The van der Waals surface area contributed by atoms with E-state index in [4.69, 9.17) is 15.6 Å². The molecule has 0 saturated carbocycles. The van der Waals surface area contributed by atoms with E-state index >= 15 is 0 Å². The third kappa shape index (κ3) is 5.49. The fourth-order valence-electron chi connectivity index (χ4n) is 2.19. The van der Waals surface area contributed by atoms with Crippen molar-refractivity contribution in [2.24, 2.45) is 5.73 Å². The number of rotatable bonds is 10. The third-order valence-corrected chi connectivity index (χ3v) is 3.38. The zero-order chi connectivity index (χ0) is 14.8. The Morgan fingerprint density at radius 3 is 2.75 bits per heavy atom. The van der Waals surface area contributed by atoms with Gasteiger partial charge in [0.2, 0.25) is 0 Å². The molecule has 0 bridgehead atoms. The van der Waals surface area contributed by atoms with Crippen molar-refractivity contribution in [1.82, 2.24) is 5.32 Å². The van der Waals surface area contributed by atoms with Crippen molar-refractivity contribution in [2.45, 2.75) is 45.2 Å². The van der Waals surface area contributed by atoms with Crippen molar-refractivity contribution >= 4 is 0 Å². The first-order valence-corrected chi connectivity index (χ1v) is 7.54. The summed E-state index contributed by atoms with van der Waals surface area (Å²) in [5.74, 6) is 0.889. The minimum absolute atomic E-state index is 0.0941. The molecule has 0 heterocycles. The predicted molar refractivity (Wildman–Crippen MR) is 82.9 cm³/mol. The van der Waals surface area contributed by atoms with Gasteiger partial charge in [-0.05, 0) is 37.0 Å². The van der Waals surface area contributed by atoms with E-state index in [1.807, 2.05) is 18.2 Å². The van der Waals surface area contributed by atoms with Gasteiger partial charge in [0.1, 0.15) is 5.75 Å². The van der Waals surface area contributed by atoms with Gasteiger partial charge >= 0.3 is 0 Å². The van der Waals surface area contributed by atoms with Crippen LogP contribution < -0.4 is 15.8 Å². The van der Waals surface area contributed by atoms with Gasteiger partial charge in [0.25, 0.3) is 0 Å². The van der Waals surface area contributed by atoms with Crippen LogP contribution in [0.15, 0.2) is 24.3 Å². The summed E-state index contributed by atoms with van der Waals surface area (Å²) >= 11 is 0. The van der Waals surface area contributed by atoms with Gasteiger partial charge in [-0.1, -0.05) is 26.0 Å². The molecule has 0 fully saturated rings. The molecular weight excluding hydrogens is 252 g/mol. The molecular formula is C16H28N2O2. The van der Waals surface area contributed by atoms with Crippen molar-refractivity contribution in [2.75, 3.05) is 19.8 Å². The summed E-state index contributed by atoms with van der Waals surface area (Å²) in [5, 5.41) is 12.6. The average Bonchev–Trinajstić information content (AvgIpc) is 2.49. The maximum absolute atomic E-state index is 9.07. The lowest BCUT2D eigenvalue weighted by molar-refractivity contribution is 0.255. The van der Waals surface area contributed by atoms with E-state index in [1.165, 1.54) is 0 Å². The molecule has 1 aromatic carbocycles. The van der Waals surface area contributed by atoms with Gasteiger partial charge in [0, 0.05) is 25.2 Å². The molecule has 20 heavy (non-hydrogen) atoms. The number of hydrogen-bond donors (Lipinski definition) is 3. The first-order valence-electron chi connectivity index (χ1n) is 7.54. The van der Waals surface area contributed by atoms with Crippen LogP contribution in [-0.4, -0.2) is 30.9 Å². The Labute approximate surface area is 122 Å². The van der Waals surface area contributed by atoms with Gasteiger partial charge in [0.15, 0.2) is 0 Å². The lowest BCUT2D eigenvalue weighted by atomic mass is 10.0. The molecule has 1 aromatic rings. The van der Waals surface area contributed by atoms with Gasteiger partial charge < -0.3 is 20.9 Å². The Balaban J connectivity index is 2.72. The second kappa shape index (κ2) is 9.75. The lowest BCUT2D eigenvalue weighted by Gasteiger charge is -2.24. The Morgan fingerprint density at radius 2 is 2.15 bits per heavy atom. The molecule has 2 unspecified atom stereocenters. The van der Waals surface area contributed by atoms with Gasteiger partial charge in [-0.2, -0.15) is 0 Å². The summed E-state index contributed by atoms with van der Waals surface area (Å²) in [6, 6.07) is 8.46. The second-order valence-electron chi connectivity index (χ2n) is 4.99. The molecule has 0 radical (unpaired) electrons. The van der Waals surface area contributed by atoms with E-state index in [9.17, 15) is 0 Å². The Morgan fingerprint density at radius 1 is 1.35 bits per heavy atom. The summed E-state index contributed by atoms with van der Waals surface area (Å²) in [6.45, 7) is 5.66. The SMILES string of the molecule is CCCOc1cccc(C(CN)NC(CC)CCO)c1. The number of hydrogen-bond acceptors (Lipinski definition) is 4. The summed E-state index contributed by atoms with van der Waals surface area (Å²) < 4.78 is 5.66. The normalized spacial score (nSPS) is 14.0. The quantitative estimate of drug-likeness (QED) is 0.615. The van der Waals surface area contributed by atoms with Crippen molar-refractivity contribution in [3.05, 3.63) is 29.8 Å². The van der Waals surface area contributed by atoms with Crippen LogP contribution in [0.3, 0.4) is 0 Å². The molecule has 1 rings (SSSR count). The number of aliphatic hydroxyl groups is 1. The highest BCUT2D eigenvalue weighted by Gasteiger charge is 2.15. The van der Waals surface area contributed by atoms with Crippen molar-refractivity contribution < 1.29 is 9.84 Å². The maximum atomic E-state index is 9.07. The molecule has 0 aliphatic carbocycles. The van der Waals surface area contributed by atoms with Crippen LogP contribution in [0.1, 0.15) is 44.7 Å². The highest BCUT2D eigenvalue weighted by atomic mass is 16.5. The molecule has 4 heteroatoms. The summed E-state index contributed by atoms with van der Waals surface area (Å²) in [7, 11) is 0. The molecule has 0 amide bonds. The third-order valence-electron chi connectivity index (χ3n) is 3.38. The van der Waals surface area contributed by atoms with Crippen LogP contribution in [0, 0.1) is 0 Å². The minimum atomic E-state index is 0.0941. The fourth-order valence-corrected chi connectivity index (χ4v) is 2.19. The Kier molecular flexibility index (Phi) is 8.26. The summed E-state index contributed by atoms with van der Waals surface area (Å²) in [5.41, 5.74) is 7.02. The number of nitrogens with two attached hydrogens (primary N) is 1. The monoisotopic (exact) mass is 280 g/mol. The topological polar surface area (TPSA) is 67.5 Å². The molecule has 0 aliphatic heterocycles. The van der Waals surface area contributed by atoms with E-state index < -0.39 is 0 Å². The highest BCUT2D eigenvalue weighted by molar-refractivity contribution is 5.31. The van der Waals surface area contributed by atoms with Crippen LogP contribution in [0.5, 0.6) is 5.75 Å². The Hall–Kier alpha value is -1.10. The zero-order valence-electron chi connectivity index (χ0n) is 12.6. The first kappa shape index (κ1) is 17.0. The molecule has 0 saturated heterocycles. The zero-order valence-corrected chi connectivity index (χ0v) is 12.6.